The predicted molar refractivity (Wildman–Crippen MR) is 87.6 cm³/mol. The number of ether oxygens (including phenoxy) is 2. The zero-order valence-corrected chi connectivity index (χ0v) is 13.9. The summed E-state index contributed by atoms with van der Waals surface area (Å²) in [6.07, 6.45) is 6.91. The van der Waals surface area contributed by atoms with Crippen LogP contribution in [0.1, 0.15) is 44.1 Å². The third-order valence-corrected chi connectivity index (χ3v) is 6.33. The Morgan fingerprint density at radius 1 is 1.04 bits per heavy atom. The summed E-state index contributed by atoms with van der Waals surface area (Å²) in [6, 6.07) is 10.3. The van der Waals surface area contributed by atoms with Crippen molar-refractivity contribution in [3.63, 3.8) is 0 Å². The molecule has 0 saturated heterocycles. The van der Waals surface area contributed by atoms with Crippen molar-refractivity contribution in [1.82, 2.24) is 0 Å². The minimum atomic E-state index is -0.304. The number of esters is 1. The van der Waals surface area contributed by atoms with Gasteiger partial charge in [-0.3, -0.25) is 4.79 Å². The molecular formula is C20H26O3. The van der Waals surface area contributed by atoms with Crippen LogP contribution in [0.4, 0.5) is 0 Å². The molecule has 0 radical (unpaired) electrons. The number of benzene rings is 1. The summed E-state index contributed by atoms with van der Waals surface area (Å²) in [4.78, 5) is 12.5. The molecule has 4 saturated carbocycles. The van der Waals surface area contributed by atoms with Crippen LogP contribution in [0, 0.1) is 23.7 Å². The van der Waals surface area contributed by atoms with Crippen molar-refractivity contribution >= 4 is 5.97 Å². The van der Waals surface area contributed by atoms with Gasteiger partial charge in [-0.2, -0.15) is 0 Å². The van der Waals surface area contributed by atoms with E-state index in [1.54, 1.807) is 0 Å². The van der Waals surface area contributed by atoms with Crippen molar-refractivity contribution in [2.75, 3.05) is 7.11 Å². The zero-order chi connectivity index (χ0) is 15.9. The van der Waals surface area contributed by atoms with Crippen molar-refractivity contribution in [3.05, 3.63) is 35.9 Å². The Labute approximate surface area is 138 Å². The molecule has 4 aliphatic rings. The van der Waals surface area contributed by atoms with Crippen LogP contribution >= 0.6 is 0 Å². The molecule has 5 atom stereocenters. The highest BCUT2D eigenvalue weighted by atomic mass is 16.5. The van der Waals surface area contributed by atoms with E-state index in [1.165, 1.54) is 31.9 Å². The Morgan fingerprint density at radius 2 is 1.70 bits per heavy atom. The number of hydrogen-bond acceptors (Lipinski definition) is 3. The second-order valence-electron chi connectivity index (χ2n) is 7.86. The highest BCUT2D eigenvalue weighted by molar-refractivity contribution is 5.74. The van der Waals surface area contributed by atoms with Crippen molar-refractivity contribution in [2.45, 2.75) is 50.7 Å². The molecule has 4 fully saturated rings. The second-order valence-corrected chi connectivity index (χ2v) is 7.86. The van der Waals surface area contributed by atoms with E-state index < -0.39 is 0 Å². The predicted octanol–water partition coefficient (Wildman–Crippen LogP) is 3.96. The molecule has 3 heteroatoms. The Balaban J connectivity index is 1.61. The minimum absolute atomic E-state index is 0.0636. The molecule has 124 valence electrons. The van der Waals surface area contributed by atoms with Gasteiger partial charge >= 0.3 is 5.97 Å². The lowest BCUT2D eigenvalue weighted by molar-refractivity contribution is -0.173. The molecule has 1 aromatic rings. The molecule has 5 rings (SSSR count). The number of rotatable bonds is 4. The topological polar surface area (TPSA) is 35.5 Å². The SMILES string of the molecule is COC(=O)C1CC2C[C@@H]3C[C@H](C2)CC1(OCc1ccccc1)C3. The number of carbonyl (C=O) groups is 1. The standard InChI is InChI=1S/C20H26O3/c1-22-19(21)18-10-15-7-16-9-17(8-15)12-20(18,11-16)23-13-14-5-3-2-4-6-14/h2-6,15-18H,7-13H2,1H3/t15?,16-,17+,18?,20?. The van der Waals surface area contributed by atoms with Crippen LogP contribution in [0.5, 0.6) is 0 Å². The Kier molecular flexibility index (Phi) is 3.92. The maximum atomic E-state index is 12.5. The summed E-state index contributed by atoms with van der Waals surface area (Å²) >= 11 is 0. The van der Waals surface area contributed by atoms with Gasteiger partial charge in [-0.25, -0.2) is 0 Å². The minimum Gasteiger partial charge on any atom is -0.469 e. The lowest BCUT2D eigenvalue weighted by Gasteiger charge is -2.46. The van der Waals surface area contributed by atoms with Crippen molar-refractivity contribution < 1.29 is 14.3 Å². The molecule has 3 unspecified atom stereocenters. The molecule has 4 bridgehead atoms. The smallest absolute Gasteiger partial charge is 0.311 e. The van der Waals surface area contributed by atoms with E-state index in [0.29, 0.717) is 12.5 Å². The van der Waals surface area contributed by atoms with Gasteiger partial charge in [0.05, 0.1) is 25.2 Å². The van der Waals surface area contributed by atoms with Crippen LogP contribution < -0.4 is 0 Å². The molecule has 0 spiro atoms. The summed E-state index contributed by atoms with van der Waals surface area (Å²) in [6.45, 7) is 0.596. The molecule has 0 aliphatic heterocycles. The Hall–Kier alpha value is -1.35. The average molecular weight is 314 g/mol. The fourth-order valence-corrected chi connectivity index (χ4v) is 5.59. The monoisotopic (exact) mass is 314 g/mol. The number of methoxy groups -OCH3 is 1. The molecule has 4 aliphatic carbocycles. The largest absolute Gasteiger partial charge is 0.469 e. The summed E-state index contributed by atoms with van der Waals surface area (Å²) in [5.41, 5.74) is 0.881. The van der Waals surface area contributed by atoms with E-state index in [-0.39, 0.29) is 17.5 Å². The maximum absolute atomic E-state index is 12.5. The van der Waals surface area contributed by atoms with Gasteiger partial charge < -0.3 is 9.47 Å². The second kappa shape index (κ2) is 5.94. The lowest BCUT2D eigenvalue weighted by atomic mass is 9.65. The number of fused-ring (bicyclic) bond motifs is 1. The van der Waals surface area contributed by atoms with E-state index >= 15 is 0 Å². The van der Waals surface area contributed by atoms with Crippen LogP contribution in [-0.4, -0.2) is 18.7 Å². The summed E-state index contributed by atoms with van der Waals surface area (Å²) in [5, 5.41) is 0. The van der Waals surface area contributed by atoms with E-state index in [9.17, 15) is 4.79 Å². The lowest BCUT2D eigenvalue weighted by Crippen LogP contribution is -2.49. The van der Waals surface area contributed by atoms with Gasteiger partial charge in [0, 0.05) is 0 Å². The van der Waals surface area contributed by atoms with E-state index in [1.807, 2.05) is 18.2 Å². The molecule has 0 aromatic heterocycles. The normalized spacial score (nSPS) is 38.3. The molecule has 23 heavy (non-hydrogen) atoms. The molecule has 0 N–H and O–H groups in total. The summed E-state index contributed by atoms with van der Waals surface area (Å²) < 4.78 is 11.7. The van der Waals surface area contributed by atoms with E-state index in [2.05, 4.69) is 12.1 Å². The van der Waals surface area contributed by atoms with E-state index in [4.69, 9.17) is 9.47 Å². The van der Waals surface area contributed by atoms with Crippen LogP contribution in [-0.2, 0) is 20.9 Å². The molecule has 1 aromatic carbocycles. The highest BCUT2D eigenvalue weighted by Gasteiger charge is 2.56. The van der Waals surface area contributed by atoms with Gasteiger partial charge in [0.15, 0.2) is 0 Å². The third kappa shape index (κ3) is 2.80. The quantitative estimate of drug-likeness (QED) is 0.789. The molecule has 0 heterocycles. The Morgan fingerprint density at radius 3 is 2.35 bits per heavy atom. The first-order valence-electron chi connectivity index (χ1n) is 8.94. The van der Waals surface area contributed by atoms with Crippen LogP contribution in [0.2, 0.25) is 0 Å². The van der Waals surface area contributed by atoms with Crippen molar-refractivity contribution in [3.8, 4) is 0 Å². The maximum Gasteiger partial charge on any atom is 0.311 e. The number of carbonyl (C=O) groups excluding carboxylic acids is 1. The fourth-order valence-electron chi connectivity index (χ4n) is 5.59. The van der Waals surface area contributed by atoms with Crippen molar-refractivity contribution in [1.29, 1.82) is 0 Å². The van der Waals surface area contributed by atoms with Gasteiger partial charge in [-0.15, -0.1) is 0 Å². The first-order valence-corrected chi connectivity index (χ1v) is 8.94. The third-order valence-electron chi connectivity index (χ3n) is 6.33. The summed E-state index contributed by atoms with van der Waals surface area (Å²) in [7, 11) is 1.52. The van der Waals surface area contributed by atoms with E-state index in [0.717, 1.165) is 31.1 Å². The highest BCUT2D eigenvalue weighted by Crippen LogP contribution is 2.57. The van der Waals surface area contributed by atoms with Crippen LogP contribution in [0.3, 0.4) is 0 Å². The van der Waals surface area contributed by atoms with Crippen LogP contribution in [0.15, 0.2) is 30.3 Å². The van der Waals surface area contributed by atoms with Gasteiger partial charge in [0.2, 0.25) is 0 Å². The zero-order valence-electron chi connectivity index (χ0n) is 13.9. The van der Waals surface area contributed by atoms with Gasteiger partial charge in [0.1, 0.15) is 0 Å². The first-order chi connectivity index (χ1) is 11.2. The average Bonchev–Trinajstić information content (AvgIpc) is 2.74. The fraction of sp³-hybridized carbons (Fsp3) is 0.650. The first kappa shape index (κ1) is 15.2. The van der Waals surface area contributed by atoms with Crippen LogP contribution in [0.25, 0.3) is 0 Å². The number of hydrogen-bond donors (Lipinski definition) is 0. The Bertz CT molecular complexity index is 554. The van der Waals surface area contributed by atoms with Gasteiger partial charge in [0.25, 0.3) is 0 Å². The summed E-state index contributed by atoms with van der Waals surface area (Å²) in [5.74, 6) is 2.01. The molecular weight excluding hydrogens is 288 g/mol. The van der Waals surface area contributed by atoms with Gasteiger partial charge in [-0.05, 0) is 61.8 Å². The van der Waals surface area contributed by atoms with Crippen molar-refractivity contribution in [2.24, 2.45) is 23.7 Å². The molecule has 0 amide bonds. The molecule has 3 nitrogen and oxygen atoms in total. The van der Waals surface area contributed by atoms with Gasteiger partial charge in [-0.1, -0.05) is 30.3 Å².